The Kier molecular flexibility index (Phi) is 12.0. The second-order valence-corrected chi connectivity index (χ2v) is 14.7. The second kappa shape index (κ2) is 15.6. The summed E-state index contributed by atoms with van der Waals surface area (Å²) in [6.07, 6.45) is -4.81. The number of sulfonamides is 1. The maximum atomic E-state index is 14.5. The van der Waals surface area contributed by atoms with Crippen LogP contribution in [0.2, 0.25) is 5.02 Å². The number of halogens is 5. The quantitative estimate of drug-likeness (QED) is 0.160. The van der Waals surface area contributed by atoms with E-state index >= 15 is 0 Å². The van der Waals surface area contributed by atoms with Gasteiger partial charge >= 0.3 is 6.18 Å². The fourth-order valence-corrected chi connectivity index (χ4v) is 6.87. The topological polar surface area (TPSA) is 86.8 Å². The van der Waals surface area contributed by atoms with Crippen LogP contribution in [0.15, 0.2) is 106 Å². The third kappa shape index (κ3) is 9.39. The van der Waals surface area contributed by atoms with Gasteiger partial charge in [-0.15, -0.1) is 0 Å². The number of alkyl halides is 3. The molecule has 0 heterocycles. The number of nitrogens with one attached hydrogen (secondary N) is 1. The van der Waals surface area contributed by atoms with Gasteiger partial charge in [0, 0.05) is 23.5 Å². The molecular weight excluding hydrogens is 731 g/mol. The van der Waals surface area contributed by atoms with Crippen LogP contribution in [0.25, 0.3) is 0 Å². The van der Waals surface area contributed by atoms with E-state index in [-0.39, 0.29) is 23.9 Å². The molecule has 0 unspecified atom stereocenters. The van der Waals surface area contributed by atoms with E-state index in [1.165, 1.54) is 17.0 Å². The molecule has 0 saturated carbocycles. The van der Waals surface area contributed by atoms with Gasteiger partial charge in [0.05, 0.1) is 21.2 Å². The van der Waals surface area contributed by atoms with E-state index in [0.29, 0.717) is 15.9 Å². The van der Waals surface area contributed by atoms with Gasteiger partial charge in [-0.3, -0.25) is 13.9 Å². The molecule has 4 aromatic carbocycles. The molecule has 0 fully saturated rings. The van der Waals surface area contributed by atoms with Gasteiger partial charge in [0.25, 0.3) is 10.0 Å². The zero-order chi connectivity index (χ0) is 35.2. The van der Waals surface area contributed by atoms with Crippen LogP contribution in [-0.2, 0) is 38.8 Å². The first kappa shape index (κ1) is 37.0. The van der Waals surface area contributed by atoms with Crippen LogP contribution >= 0.6 is 27.5 Å². The molecule has 254 valence electrons. The minimum atomic E-state index is -4.90. The SMILES string of the molecule is Cc1ccc(S(=O)(=O)N(CC(=O)N(Cc2ccc(Br)cc2)[C@@H](Cc2ccccc2)C(=O)NC(C)C)c2ccc(Cl)c(C(F)(F)F)c2)cc1. The van der Waals surface area contributed by atoms with Crippen LogP contribution < -0.4 is 9.62 Å². The predicted molar refractivity (Wildman–Crippen MR) is 184 cm³/mol. The van der Waals surface area contributed by atoms with Gasteiger partial charge in [-0.2, -0.15) is 13.2 Å². The third-order valence-corrected chi connectivity index (χ3v) is 10.0. The molecule has 1 N–H and O–H groups in total. The molecule has 7 nitrogen and oxygen atoms in total. The summed E-state index contributed by atoms with van der Waals surface area (Å²) in [5.74, 6) is -1.28. The Morgan fingerprint density at radius 1 is 0.896 bits per heavy atom. The average Bonchev–Trinajstić information content (AvgIpc) is 3.02. The Morgan fingerprint density at radius 3 is 2.10 bits per heavy atom. The summed E-state index contributed by atoms with van der Waals surface area (Å²) in [5, 5.41) is 2.23. The van der Waals surface area contributed by atoms with Crippen molar-refractivity contribution >= 4 is 55.1 Å². The zero-order valence-corrected chi connectivity index (χ0v) is 29.5. The number of hydrogen-bond donors (Lipinski definition) is 1. The third-order valence-electron chi connectivity index (χ3n) is 7.40. The summed E-state index contributed by atoms with van der Waals surface area (Å²) < 4.78 is 71.5. The molecule has 0 saturated heterocycles. The first-order chi connectivity index (χ1) is 22.6. The van der Waals surface area contributed by atoms with Gasteiger partial charge in [0.2, 0.25) is 11.8 Å². The molecule has 4 aromatic rings. The van der Waals surface area contributed by atoms with Gasteiger partial charge < -0.3 is 10.2 Å². The normalized spacial score (nSPS) is 12.4. The molecular formula is C35H34BrClF3N3O4S. The molecule has 13 heteroatoms. The van der Waals surface area contributed by atoms with Gasteiger partial charge in [-0.25, -0.2) is 8.42 Å². The lowest BCUT2D eigenvalue weighted by atomic mass is 10.0. The summed E-state index contributed by atoms with van der Waals surface area (Å²) in [6, 6.07) is 23.0. The van der Waals surface area contributed by atoms with E-state index in [0.717, 1.165) is 27.7 Å². The lowest BCUT2D eigenvalue weighted by molar-refractivity contribution is -0.140. The van der Waals surface area contributed by atoms with Gasteiger partial charge in [0.1, 0.15) is 12.6 Å². The van der Waals surface area contributed by atoms with Crippen molar-refractivity contribution in [2.24, 2.45) is 0 Å². The highest BCUT2D eigenvalue weighted by molar-refractivity contribution is 9.10. The Morgan fingerprint density at radius 2 is 1.52 bits per heavy atom. The molecule has 0 aliphatic carbocycles. The summed E-state index contributed by atoms with van der Waals surface area (Å²) in [6.45, 7) is 4.29. The standard InChI is InChI=1S/C35H34BrClF3N3O4S/c1-23(2)41-34(45)32(19-25-7-5-4-6-8-25)42(21-26-11-13-27(36)14-12-26)33(44)22-43(48(46,47)29-16-9-24(3)10-17-29)28-15-18-31(37)30(20-28)35(38,39)40/h4-18,20,23,32H,19,21-22H2,1-3H3,(H,41,45)/t32-/m0/s1. The van der Waals surface area contributed by atoms with Crippen molar-refractivity contribution in [2.45, 2.75) is 56.9 Å². The van der Waals surface area contributed by atoms with Crippen molar-refractivity contribution in [3.63, 3.8) is 0 Å². The predicted octanol–water partition coefficient (Wildman–Crippen LogP) is 7.79. The van der Waals surface area contributed by atoms with Crippen LogP contribution in [0.1, 0.15) is 36.1 Å². The zero-order valence-electron chi connectivity index (χ0n) is 26.3. The highest BCUT2D eigenvalue weighted by Crippen LogP contribution is 2.38. The van der Waals surface area contributed by atoms with E-state index in [2.05, 4.69) is 21.2 Å². The first-order valence-corrected chi connectivity index (χ1v) is 17.5. The summed E-state index contributed by atoms with van der Waals surface area (Å²) in [5.41, 5.74) is 0.453. The van der Waals surface area contributed by atoms with Crippen molar-refractivity contribution in [3.05, 3.63) is 129 Å². The van der Waals surface area contributed by atoms with E-state index in [1.807, 2.05) is 6.07 Å². The van der Waals surface area contributed by atoms with Crippen LogP contribution in [0, 0.1) is 6.92 Å². The number of amides is 2. The van der Waals surface area contributed by atoms with Gasteiger partial charge in [-0.1, -0.05) is 87.7 Å². The number of anilines is 1. The molecule has 2 amide bonds. The Labute approximate surface area is 291 Å². The largest absolute Gasteiger partial charge is 0.417 e. The number of aryl methyl sites for hydroxylation is 1. The number of benzene rings is 4. The monoisotopic (exact) mass is 763 g/mol. The molecule has 0 radical (unpaired) electrons. The maximum Gasteiger partial charge on any atom is 0.417 e. The summed E-state index contributed by atoms with van der Waals surface area (Å²) >= 11 is 9.26. The van der Waals surface area contributed by atoms with E-state index in [1.54, 1.807) is 81.4 Å². The molecule has 4 rings (SSSR count). The van der Waals surface area contributed by atoms with Crippen LogP contribution in [0.3, 0.4) is 0 Å². The molecule has 0 aliphatic rings. The molecule has 0 aliphatic heterocycles. The van der Waals surface area contributed by atoms with Gasteiger partial charge in [-0.05, 0) is 74.4 Å². The molecule has 48 heavy (non-hydrogen) atoms. The summed E-state index contributed by atoms with van der Waals surface area (Å²) in [4.78, 5) is 29.3. The summed E-state index contributed by atoms with van der Waals surface area (Å²) in [7, 11) is -4.61. The first-order valence-electron chi connectivity index (χ1n) is 14.9. The molecule has 0 spiro atoms. The Hall–Kier alpha value is -3.87. The minimum Gasteiger partial charge on any atom is -0.352 e. The highest BCUT2D eigenvalue weighted by atomic mass is 79.9. The van der Waals surface area contributed by atoms with Crippen molar-refractivity contribution in [2.75, 3.05) is 10.8 Å². The second-order valence-electron chi connectivity index (χ2n) is 11.5. The van der Waals surface area contributed by atoms with Gasteiger partial charge in [0.15, 0.2) is 0 Å². The number of hydrogen-bond acceptors (Lipinski definition) is 4. The van der Waals surface area contributed by atoms with Crippen LogP contribution in [-0.4, -0.2) is 43.8 Å². The smallest absolute Gasteiger partial charge is 0.352 e. The fourth-order valence-electron chi connectivity index (χ4n) is 4.97. The Balaban J connectivity index is 1.86. The van der Waals surface area contributed by atoms with Crippen LogP contribution in [0.5, 0.6) is 0 Å². The van der Waals surface area contributed by atoms with E-state index in [9.17, 15) is 31.2 Å². The van der Waals surface area contributed by atoms with Crippen molar-refractivity contribution < 1.29 is 31.2 Å². The number of carbonyl (C=O) groups is 2. The van der Waals surface area contributed by atoms with Crippen molar-refractivity contribution in [3.8, 4) is 0 Å². The van der Waals surface area contributed by atoms with Crippen molar-refractivity contribution in [1.29, 1.82) is 0 Å². The van der Waals surface area contributed by atoms with Crippen LogP contribution in [0.4, 0.5) is 18.9 Å². The molecule has 0 aromatic heterocycles. The Bertz CT molecular complexity index is 1840. The number of nitrogens with zero attached hydrogens (tertiary/aromatic N) is 2. The van der Waals surface area contributed by atoms with E-state index in [4.69, 9.17) is 11.6 Å². The number of rotatable bonds is 12. The molecule has 0 bridgehead atoms. The van der Waals surface area contributed by atoms with Crippen molar-refractivity contribution in [1.82, 2.24) is 10.2 Å². The highest BCUT2D eigenvalue weighted by Gasteiger charge is 2.37. The van der Waals surface area contributed by atoms with E-state index < -0.39 is 56.9 Å². The fraction of sp³-hybridized carbons (Fsp3) is 0.257. The molecule has 1 atom stereocenters. The average molecular weight is 765 g/mol. The minimum absolute atomic E-state index is 0.0888. The maximum absolute atomic E-state index is 14.5. The number of carbonyl (C=O) groups excluding carboxylic acids is 2. The lowest BCUT2D eigenvalue weighted by Crippen LogP contribution is -2.54. The lowest BCUT2D eigenvalue weighted by Gasteiger charge is -2.34.